The third kappa shape index (κ3) is 2.48. The van der Waals surface area contributed by atoms with Gasteiger partial charge in [-0.3, -0.25) is 0 Å². The summed E-state index contributed by atoms with van der Waals surface area (Å²) < 4.78 is 0. The van der Waals surface area contributed by atoms with Gasteiger partial charge >= 0.3 is 0 Å². The Morgan fingerprint density at radius 1 is 1.06 bits per heavy atom. The summed E-state index contributed by atoms with van der Waals surface area (Å²) in [4.78, 5) is 2.24. The Bertz CT molecular complexity index is 520. The van der Waals surface area contributed by atoms with Crippen LogP contribution in [0.1, 0.15) is 12.5 Å². The normalized spacial score (nSPS) is 10.2. The molecule has 0 unspecified atom stereocenters. The average Bonchev–Trinajstić information content (AvgIpc) is 2.46. The van der Waals surface area contributed by atoms with E-state index in [-0.39, 0.29) is 0 Å². The van der Waals surface area contributed by atoms with Crippen LogP contribution in [-0.2, 0) is 6.42 Å². The van der Waals surface area contributed by atoms with Crippen molar-refractivity contribution in [2.45, 2.75) is 13.3 Å². The molecular formula is C16H20N2. The second-order valence-corrected chi connectivity index (χ2v) is 4.34. The molecule has 2 rings (SSSR count). The Morgan fingerprint density at radius 2 is 1.83 bits per heavy atom. The number of hydrogen-bond donors (Lipinski definition) is 1. The Labute approximate surface area is 109 Å². The van der Waals surface area contributed by atoms with Crippen molar-refractivity contribution in [1.29, 1.82) is 0 Å². The van der Waals surface area contributed by atoms with Gasteiger partial charge in [-0.25, -0.2) is 0 Å². The zero-order valence-corrected chi connectivity index (χ0v) is 11.3. The van der Waals surface area contributed by atoms with Crippen molar-refractivity contribution in [3.63, 3.8) is 0 Å². The maximum absolute atomic E-state index is 3.18. The van der Waals surface area contributed by atoms with Crippen LogP contribution in [0.2, 0.25) is 0 Å². The topological polar surface area (TPSA) is 15.3 Å². The van der Waals surface area contributed by atoms with E-state index in [9.17, 15) is 0 Å². The molecule has 0 aliphatic heterocycles. The molecule has 0 amide bonds. The highest BCUT2D eigenvalue weighted by molar-refractivity contribution is 5.68. The Hall–Kier alpha value is -1.96. The number of anilines is 3. The number of rotatable bonds is 4. The van der Waals surface area contributed by atoms with E-state index in [0.29, 0.717) is 0 Å². The van der Waals surface area contributed by atoms with Crippen LogP contribution in [0.3, 0.4) is 0 Å². The van der Waals surface area contributed by atoms with Crippen molar-refractivity contribution >= 4 is 17.1 Å². The van der Waals surface area contributed by atoms with Gasteiger partial charge in [0.2, 0.25) is 0 Å². The van der Waals surface area contributed by atoms with Gasteiger partial charge in [0.15, 0.2) is 0 Å². The highest BCUT2D eigenvalue weighted by Crippen LogP contribution is 2.28. The van der Waals surface area contributed by atoms with Crippen LogP contribution in [0.5, 0.6) is 0 Å². The van der Waals surface area contributed by atoms with Gasteiger partial charge in [0.05, 0.1) is 0 Å². The summed E-state index contributed by atoms with van der Waals surface area (Å²) in [5.74, 6) is 0. The van der Waals surface area contributed by atoms with Gasteiger partial charge in [-0.05, 0) is 36.2 Å². The second kappa shape index (κ2) is 5.58. The van der Waals surface area contributed by atoms with Crippen LogP contribution >= 0.6 is 0 Å². The van der Waals surface area contributed by atoms with E-state index in [2.05, 4.69) is 72.7 Å². The van der Waals surface area contributed by atoms with Crippen LogP contribution in [0, 0.1) is 0 Å². The van der Waals surface area contributed by atoms with Crippen LogP contribution in [-0.4, -0.2) is 14.1 Å². The predicted molar refractivity (Wildman–Crippen MR) is 79.9 cm³/mol. The van der Waals surface area contributed by atoms with Crippen molar-refractivity contribution in [1.82, 2.24) is 0 Å². The lowest BCUT2D eigenvalue weighted by atomic mass is 10.1. The first-order chi connectivity index (χ1) is 8.76. The molecule has 2 nitrogen and oxygen atoms in total. The van der Waals surface area contributed by atoms with Crippen molar-refractivity contribution in [3.05, 3.63) is 54.1 Å². The molecule has 0 spiro atoms. The highest BCUT2D eigenvalue weighted by atomic mass is 15.1. The molecule has 2 aromatic rings. The summed E-state index contributed by atoms with van der Waals surface area (Å²) in [6, 6.07) is 17.0. The molecule has 2 heteroatoms. The van der Waals surface area contributed by atoms with Gasteiger partial charge in [-0.15, -0.1) is 0 Å². The lowest BCUT2D eigenvalue weighted by molar-refractivity contribution is 1.09. The standard InChI is InChI=1S/C16H20N2/c1-4-13-8-5-6-11-16(13)18(3)15-10-7-9-14(12-15)17-2/h5-12,17H,4H2,1-3H3. The third-order valence-corrected chi connectivity index (χ3v) is 3.26. The van der Waals surface area contributed by atoms with Gasteiger partial charge < -0.3 is 10.2 Å². The fourth-order valence-electron chi connectivity index (χ4n) is 2.15. The van der Waals surface area contributed by atoms with Crippen molar-refractivity contribution in [2.75, 3.05) is 24.3 Å². The number of aryl methyl sites for hydroxylation is 1. The highest BCUT2D eigenvalue weighted by Gasteiger charge is 2.07. The molecule has 18 heavy (non-hydrogen) atoms. The molecule has 94 valence electrons. The third-order valence-electron chi connectivity index (χ3n) is 3.26. The average molecular weight is 240 g/mol. The lowest BCUT2D eigenvalue weighted by Crippen LogP contribution is -2.11. The molecule has 0 fully saturated rings. The van der Waals surface area contributed by atoms with Crippen LogP contribution < -0.4 is 10.2 Å². The first-order valence-electron chi connectivity index (χ1n) is 6.35. The molecule has 1 N–H and O–H groups in total. The van der Waals surface area contributed by atoms with Crippen molar-refractivity contribution in [2.24, 2.45) is 0 Å². The van der Waals surface area contributed by atoms with E-state index < -0.39 is 0 Å². The fraction of sp³-hybridized carbons (Fsp3) is 0.250. The predicted octanol–water partition coefficient (Wildman–Crippen LogP) is 4.06. The summed E-state index contributed by atoms with van der Waals surface area (Å²) in [7, 11) is 4.06. The minimum atomic E-state index is 1.05. The summed E-state index contributed by atoms with van der Waals surface area (Å²) >= 11 is 0. The zero-order valence-electron chi connectivity index (χ0n) is 11.3. The van der Waals surface area contributed by atoms with Crippen LogP contribution in [0.25, 0.3) is 0 Å². The largest absolute Gasteiger partial charge is 0.388 e. The van der Waals surface area contributed by atoms with Gasteiger partial charge in [0, 0.05) is 31.2 Å². The molecule has 0 bridgehead atoms. The Balaban J connectivity index is 2.37. The minimum absolute atomic E-state index is 1.05. The van der Waals surface area contributed by atoms with Gasteiger partial charge in [0.1, 0.15) is 0 Å². The fourth-order valence-corrected chi connectivity index (χ4v) is 2.15. The second-order valence-electron chi connectivity index (χ2n) is 4.34. The zero-order chi connectivity index (χ0) is 13.0. The Kier molecular flexibility index (Phi) is 3.88. The number of hydrogen-bond acceptors (Lipinski definition) is 2. The number of nitrogens with zero attached hydrogens (tertiary/aromatic N) is 1. The molecule has 0 radical (unpaired) electrons. The molecule has 0 aliphatic carbocycles. The van der Waals surface area contributed by atoms with Crippen LogP contribution in [0.4, 0.5) is 17.1 Å². The molecule has 0 aliphatic rings. The molecule has 0 saturated heterocycles. The van der Waals surface area contributed by atoms with Gasteiger partial charge in [0.25, 0.3) is 0 Å². The van der Waals surface area contributed by atoms with E-state index >= 15 is 0 Å². The lowest BCUT2D eigenvalue weighted by Gasteiger charge is -2.23. The molecule has 0 heterocycles. The van der Waals surface area contributed by atoms with Gasteiger partial charge in [-0.1, -0.05) is 31.2 Å². The van der Waals surface area contributed by atoms with E-state index in [1.165, 1.54) is 16.9 Å². The van der Waals surface area contributed by atoms with E-state index in [0.717, 1.165) is 12.1 Å². The molecular weight excluding hydrogens is 220 g/mol. The quantitative estimate of drug-likeness (QED) is 0.867. The van der Waals surface area contributed by atoms with E-state index in [1.807, 2.05) is 7.05 Å². The molecule has 0 saturated carbocycles. The maximum atomic E-state index is 3.18. The minimum Gasteiger partial charge on any atom is -0.388 e. The number of benzene rings is 2. The van der Waals surface area contributed by atoms with Crippen LogP contribution in [0.15, 0.2) is 48.5 Å². The summed E-state index contributed by atoms with van der Waals surface area (Å²) in [6.07, 6.45) is 1.05. The van der Waals surface area contributed by atoms with E-state index in [4.69, 9.17) is 0 Å². The van der Waals surface area contributed by atoms with Crippen molar-refractivity contribution < 1.29 is 0 Å². The SMILES string of the molecule is CCc1ccccc1N(C)c1cccc(NC)c1. The molecule has 0 atom stereocenters. The smallest absolute Gasteiger partial charge is 0.0440 e. The summed E-state index contributed by atoms with van der Waals surface area (Å²) in [6.45, 7) is 2.19. The number of nitrogens with one attached hydrogen (secondary N) is 1. The number of para-hydroxylation sites is 1. The van der Waals surface area contributed by atoms with Gasteiger partial charge in [-0.2, -0.15) is 0 Å². The maximum Gasteiger partial charge on any atom is 0.0440 e. The monoisotopic (exact) mass is 240 g/mol. The summed E-state index contributed by atoms with van der Waals surface area (Å²) in [5, 5.41) is 3.18. The molecule has 2 aromatic carbocycles. The molecule has 0 aromatic heterocycles. The van der Waals surface area contributed by atoms with Crippen molar-refractivity contribution in [3.8, 4) is 0 Å². The van der Waals surface area contributed by atoms with E-state index in [1.54, 1.807) is 0 Å². The first-order valence-corrected chi connectivity index (χ1v) is 6.35. The Morgan fingerprint density at radius 3 is 2.56 bits per heavy atom. The summed E-state index contributed by atoms with van der Waals surface area (Å²) in [5.41, 5.74) is 4.97. The first kappa shape index (κ1) is 12.5.